The Hall–Kier alpha value is -1.74. The Morgan fingerprint density at radius 2 is 1.95 bits per heavy atom. The lowest BCUT2D eigenvalue weighted by Gasteiger charge is -2.07. The molecule has 0 spiro atoms. The molecule has 0 unspecified atom stereocenters. The summed E-state index contributed by atoms with van der Waals surface area (Å²) in [5, 5.41) is 0. The number of ether oxygens (including phenoxy) is 1. The van der Waals surface area contributed by atoms with E-state index < -0.39 is 0 Å². The van der Waals surface area contributed by atoms with E-state index in [0.29, 0.717) is 17.9 Å². The summed E-state index contributed by atoms with van der Waals surface area (Å²) in [5.41, 5.74) is 1.91. The van der Waals surface area contributed by atoms with Gasteiger partial charge in [0.15, 0.2) is 5.78 Å². The molecule has 0 amide bonds. The van der Waals surface area contributed by atoms with Crippen molar-refractivity contribution in [3.63, 3.8) is 0 Å². The van der Waals surface area contributed by atoms with Gasteiger partial charge in [-0.05, 0) is 37.6 Å². The number of rotatable bonds is 6. The molecule has 0 radical (unpaired) electrons. The van der Waals surface area contributed by atoms with Gasteiger partial charge in [-0.2, -0.15) is 0 Å². The zero-order valence-electron chi connectivity index (χ0n) is 11.8. The molecule has 0 heterocycles. The average molecular weight is 286 g/mol. The van der Waals surface area contributed by atoms with Gasteiger partial charge < -0.3 is 4.74 Å². The van der Waals surface area contributed by atoms with Crippen LogP contribution < -0.4 is 4.74 Å². The zero-order valence-corrected chi connectivity index (χ0v) is 12.6. The number of hydrogen-bond acceptors (Lipinski definition) is 3. The van der Waals surface area contributed by atoms with E-state index in [-0.39, 0.29) is 5.78 Å². The Morgan fingerprint density at radius 1 is 1.15 bits per heavy atom. The third-order valence-electron chi connectivity index (χ3n) is 2.92. The van der Waals surface area contributed by atoms with Crippen molar-refractivity contribution in [2.24, 2.45) is 0 Å². The van der Waals surface area contributed by atoms with E-state index in [1.54, 1.807) is 11.8 Å². The first-order valence-electron chi connectivity index (χ1n) is 6.65. The molecule has 0 fully saturated rings. The number of benzene rings is 2. The van der Waals surface area contributed by atoms with E-state index in [0.717, 1.165) is 10.6 Å². The third-order valence-corrected chi connectivity index (χ3v) is 4.09. The summed E-state index contributed by atoms with van der Waals surface area (Å²) < 4.78 is 5.42. The molecular formula is C17H18O2S. The van der Waals surface area contributed by atoms with Gasteiger partial charge >= 0.3 is 0 Å². The van der Waals surface area contributed by atoms with Gasteiger partial charge in [0, 0.05) is 10.5 Å². The molecular weight excluding hydrogens is 268 g/mol. The monoisotopic (exact) mass is 286 g/mol. The fourth-order valence-electron chi connectivity index (χ4n) is 1.87. The van der Waals surface area contributed by atoms with Crippen LogP contribution in [0.3, 0.4) is 0 Å². The van der Waals surface area contributed by atoms with E-state index in [1.165, 1.54) is 5.56 Å². The highest BCUT2D eigenvalue weighted by molar-refractivity contribution is 8.00. The van der Waals surface area contributed by atoms with Crippen LogP contribution in [0.1, 0.15) is 22.8 Å². The smallest absolute Gasteiger partial charge is 0.173 e. The molecule has 2 rings (SSSR count). The molecule has 0 saturated carbocycles. The first-order chi connectivity index (χ1) is 9.70. The van der Waals surface area contributed by atoms with Gasteiger partial charge in [0.1, 0.15) is 5.75 Å². The minimum absolute atomic E-state index is 0.125. The second-order valence-corrected chi connectivity index (χ2v) is 5.46. The molecule has 0 atom stereocenters. The molecule has 0 bridgehead atoms. The van der Waals surface area contributed by atoms with Crippen LogP contribution in [-0.2, 0) is 0 Å². The van der Waals surface area contributed by atoms with Crippen LogP contribution in [0, 0.1) is 6.92 Å². The topological polar surface area (TPSA) is 26.3 Å². The van der Waals surface area contributed by atoms with Crippen molar-refractivity contribution in [1.29, 1.82) is 0 Å². The van der Waals surface area contributed by atoms with Crippen LogP contribution >= 0.6 is 11.8 Å². The lowest BCUT2D eigenvalue weighted by Crippen LogP contribution is -2.03. The normalized spacial score (nSPS) is 10.3. The first kappa shape index (κ1) is 14.7. The molecule has 0 aromatic heterocycles. The van der Waals surface area contributed by atoms with Gasteiger partial charge in [-0.15, -0.1) is 11.8 Å². The van der Waals surface area contributed by atoms with Gasteiger partial charge in [0.2, 0.25) is 0 Å². The SMILES string of the molecule is CCOc1cccc(C(=O)CSc2ccccc2C)c1. The number of carbonyl (C=O) groups excluding carboxylic acids is 1. The molecule has 0 saturated heterocycles. The van der Waals surface area contributed by atoms with Crippen molar-refractivity contribution in [1.82, 2.24) is 0 Å². The molecule has 0 aliphatic carbocycles. The highest BCUT2D eigenvalue weighted by Crippen LogP contribution is 2.23. The second kappa shape index (κ2) is 7.15. The van der Waals surface area contributed by atoms with Gasteiger partial charge in [0.25, 0.3) is 0 Å². The Labute approximate surface area is 124 Å². The largest absolute Gasteiger partial charge is 0.494 e. The Morgan fingerprint density at radius 3 is 2.70 bits per heavy atom. The highest BCUT2D eigenvalue weighted by atomic mass is 32.2. The lowest BCUT2D eigenvalue weighted by molar-refractivity contribution is 0.102. The number of carbonyl (C=O) groups is 1. The van der Waals surface area contributed by atoms with Crippen LogP contribution in [0.2, 0.25) is 0 Å². The van der Waals surface area contributed by atoms with Crippen molar-refractivity contribution in [3.05, 3.63) is 59.7 Å². The summed E-state index contributed by atoms with van der Waals surface area (Å²) >= 11 is 1.58. The second-order valence-electron chi connectivity index (χ2n) is 4.44. The number of hydrogen-bond donors (Lipinski definition) is 0. The van der Waals surface area contributed by atoms with Gasteiger partial charge in [-0.1, -0.05) is 30.3 Å². The molecule has 2 nitrogen and oxygen atoms in total. The van der Waals surface area contributed by atoms with Crippen LogP contribution in [0.5, 0.6) is 5.75 Å². The van der Waals surface area contributed by atoms with Crippen LogP contribution in [0.25, 0.3) is 0 Å². The minimum Gasteiger partial charge on any atom is -0.494 e. The summed E-state index contributed by atoms with van der Waals surface area (Å²) in [6.45, 7) is 4.60. The molecule has 20 heavy (non-hydrogen) atoms. The van der Waals surface area contributed by atoms with E-state index in [9.17, 15) is 4.79 Å². The predicted octanol–water partition coefficient (Wildman–Crippen LogP) is 4.37. The summed E-state index contributed by atoms with van der Waals surface area (Å²) in [6, 6.07) is 15.5. The fourth-order valence-corrected chi connectivity index (χ4v) is 2.79. The highest BCUT2D eigenvalue weighted by Gasteiger charge is 2.08. The molecule has 104 valence electrons. The first-order valence-corrected chi connectivity index (χ1v) is 7.63. The van der Waals surface area contributed by atoms with Crippen molar-refractivity contribution in [3.8, 4) is 5.75 Å². The van der Waals surface area contributed by atoms with E-state index in [2.05, 4.69) is 13.0 Å². The predicted molar refractivity (Wildman–Crippen MR) is 83.8 cm³/mol. The molecule has 0 aliphatic heterocycles. The lowest BCUT2D eigenvalue weighted by atomic mass is 10.1. The Kier molecular flexibility index (Phi) is 5.24. The average Bonchev–Trinajstić information content (AvgIpc) is 2.47. The maximum Gasteiger partial charge on any atom is 0.173 e. The maximum atomic E-state index is 12.2. The van der Waals surface area contributed by atoms with Gasteiger partial charge in [-0.25, -0.2) is 0 Å². The van der Waals surface area contributed by atoms with E-state index in [1.807, 2.05) is 49.4 Å². The summed E-state index contributed by atoms with van der Waals surface area (Å²) in [4.78, 5) is 13.4. The van der Waals surface area contributed by atoms with Gasteiger partial charge in [-0.3, -0.25) is 4.79 Å². The number of Topliss-reactive ketones (excluding diaryl/α,β-unsaturated/α-hetero) is 1. The Bertz CT molecular complexity index is 593. The molecule has 0 aliphatic rings. The minimum atomic E-state index is 0.125. The number of aryl methyl sites for hydroxylation is 1. The summed E-state index contributed by atoms with van der Waals surface area (Å²) in [5.74, 6) is 1.32. The quantitative estimate of drug-likeness (QED) is 0.582. The zero-order chi connectivity index (χ0) is 14.4. The van der Waals surface area contributed by atoms with Crippen LogP contribution in [0.4, 0.5) is 0 Å². The Balaban J connectivity index is 2.01. The van der Waals surface area contributed by atoms with Crippen molar-refractivity contribution >= 4 is 17.5 Å². The molecule has 0 N–H and O–H groups in total. The molecule has 2 aromatic carbocycles. The fraction of sp³-hybridized carbons (Fsp3) is 0.235. The third kappa shape index (κ3) is 3.87. The molecule has 3 heteroatoms. The van der Waals surface area contributed by atoms with Crippen molar-refractivity contribution in [2.45, 2.75) is 18.7 Å². The van der Waals surface area contributed by atoms with Crippen LogP contribution in [0.15, 0.2) is 53.4 Å². The summed E-state index contributed by atoms with van der Waals surface area (Å²) in [7, 11) is 0. The number of ketones is 1. The van der Waals surface area contributed by atoms with Crippen LogP contribution in [-0.4, -0.2) is 18.1 Å². The van der Waals surface area contributed by atoms with Crippen molar-refractivity contribution in [2.75, 3.05) is 12.4 Å². The standard InChI is InChI=1S/C17H18O2S/c1-3-19-15-9-6-8-14(11-15)16(18)12-20-17-10-5-4-7-13(17)2/h4-11H,3,12H2,1-2H3. The van der Waals surface area contributed by atoms with Crippen molar-refractivity contribution < 1.29 is 9.53 Å². The summed E-state index contributed by atoms with van der Waals surface area (Å²) in [6.07, 6.45) is 0. The van der Waals surface area contributed by atoms with E-state index in [4.69, 9.17) is 4.74 Å². The molecule has 2 aromatic rings. The van der Waals surface area contributed by atoms with Gasteiger partial charge in [0.05, 0.1) is 12.4 Å². The van der Waals surface area contributed by atoms with E-state index >= 15 is 0 Å². The number of thioether (sulfide) groups is 1. The maximum absolute atomic E-state index is 12.2.